The molecular formula is C11H18N2O3. The summed E-state index contributed by atoms with van der Waals surface area (Å²) in [7, 11) is 2.34. The predicted octanol–water partition coefficient (Wildman–Crippen LogP) is -0.158. The van der Waals surface area contributed by atoms with Gasteiger partial charge in [-0.3, -0.25) is 10.6 Å². The van der Waals surface area contributed by atoms with Crippen molar-refractivity contribution in [3.8, 4) is 0 Å². The summed E-state index contributed by atoms with van der Waals surface area (Å²) in [5.74, 6) is 4.90. The van der Waals surface area contributed by atoms with Gasteiger partial charge < -0.3 is 9.84 Å². The fourth-order valence-corrected chi connectivity index (χ4v) is 1.20. The molecule has 0 aliphatic rings. The van der Waals surface area contributed by atoms with Crippen LogP contribution in [0.25, 0.3) is 0 Å². The number of benzene rings is 1. The lowest BCUT2D eigenvalue weighted by atomic mass is 10.1. The lowest BCUT2D eigenvalue weighted by molar-refractivity contribution is -0.143. The Balaban J connectivity index is 0.00000106. The monoisotopic (exact) mass is 226 g/mol. The van der Waals surface area contributed by atoms with Crippen LogP contribution >= 0.6 is 0 Å². The number of rotatable bonds is 4. The molecule has 1 rings (SSSR count). The van der Waals surface area contributed by atoms with Crippen molar-refractivity contribution >= 4 is 5.97 Å². The number of carbonyl (C=O) groups excluding carboxylic acids is 1. The number of hydrazine groups is 1. The molecule has 0 aromatic heterocycles. The van der Waals surface area contributed by atoms with Crippen molar-refractivity contribution in [1.29, 1.82) is 0 Å². The summed E-state index contributed by atoms with van der Waals surface area (Å²) in [4.78, 5) is 11.2. The largest absolute Gasteiger partial charge is 0.468 e. The first-order valence-corrected chi connectivity index (χ1v) is 4.80. The van der Waals surface area contributed by atoms with Gasteiger partial charge in [0.15, 0.2) is 0 Å². The molecule has 0 unspecified atom stereocenters. The van der Waals surface area contributed by atoms with Gasteiger partial charge in [0.2, 0.25) is 0 Å². The molecular weight excluding hydrogens is 208 g/mol. The maximum atomic E-state index is 11.2. The van der Waals surface area contributed by atoms with Crippen molar-refractivity contribution in [2.24, 2.45) is 5.84 Å². The molecule has 5 nitrogen and oxygen atoms in total. The van der Waals surface area contributed by atoms with Crippen LogP contribution in [0.4, 0.5) is 0 Å². The van der Waals surface area contributed by atoms with Gasteiger partial charge in [-0.15, -0.1) is 0 Å². The van der Waals surface area contributed by atoms with E-state index in [-0.39, 0.29) is 5.97 Å². The fraction of sp³-hybridized carbons (Fsp3) is 0.364. The van der Waals surface area contributed by atoms with Crippen molar-refractivity contribution in [3.05, 3.63) is 35.9 Å². The van der Waals surface area contributed by atoms with Crippen LogP contribution in [0.15, 0.2) is 30.3 Å². The minimum absolute atomic E-state index is 0.351. The molecule has 0 radical (unpaired) electrons. The second-order valence-electron chi connectivity index (χ2n) is 2.93. The summed E-state index contributed by atoms with van der Waals surface area (Å²) in [6.07, 6.45) is 0.532. The third-order valence-corrected chi connectivity index (χ3v) is 1.97. The highest BCUT2D eigenvalue weighted by atomic mass is 16.5. The van der Waals surface area contributed by atoms with Crippen LogP contribution in [0.1, 0.15) is 5.56 Å². The van der Waals surface area contributed by atoms with Crippen LogP contribution in [-0.2, 0) is 16.0 Å². The number of hydrogen-bond acceptors (Lipinski definition) is 5. The molecule has 0 aliphatic carbocycles. The fourth-order valence-electron chi connectivity index (χ4n) is 1.20. The van der Waals surface area contributed by atoms with E-state index < -0.39 is 6.04 Å². The number of aliphatic hydroxyl groups is 1. The highest BCUT2D eigenvalue weighted by Gasteiger charge is 2.17. The molecule has 4 N–H and O–H groups in total. The molecule has 0 spiro atoms. The zero-order chi connectivity index (χ0) is 12.4. The minimum atomic E-state index is -0.484. The molecule has 16 heavy (non-hydrogen) atoms. The van der Waals surface area contributed by atoms with Crippen molar-refractivity contribution in [2.75, 3.05) is 14.2 Å². The molecule has 0 saturated carbocycles. The van der Waals surface area contributed by atoms with E-state index in [1.807, 2.05) is 30.3 Å². The van der Waals surface area contributed by atoms with Gasteiger partial charge >= 0.3 is 5.97 Å². The van der Waals surface area contributed by atoms with E-state index in [0.717, 1.165) is 12.7 Å². The van der Waals surface area contributed by atoms with E-state index in [2.05, 4.69) is 10.2 Å². The van der Waals surface area contributed by atoms with E-state index in [9.17, 15) is 4.79 Å². The average molecular weight is 226 g/mol. The van der Waals surface area contributed by atoms with Crippen LogP contribution in [0, 0.1) is 0 Å². The zero-order valence-corrected chi connectivity index (χ0v) is 9.51. The SMILES string of the molecule is CO.COC(=O)[C@H](Cc1ccccc1)NN. The Morgan fingerprint density at radius 2 is 2.00 bits per heavy atom. The van der Waals surface area contributed by atoms with Gasteiger partial charge in [-0.05, 0) is 12.0 Å². The first-order valence-electron chi connectivity index (χ1n) is 4.80. The standard InChI is InChI=1S/C10H14N2O2.CH4O/c1-14-10(13)9(12-11)7-8-5-3-2-4-6-8;1-2/h2-6,9,12H,7,11H2,1H3;2H,1H3/t9-;/m0./s1. The number of aliphatic hydroxyl groups excluding tert-OH is 1. The normalized spacial score (nSPS) is 11.0. The molecule has 0 amide bonds. The summed E-state index contributed by atoms with van der Waals surface area (Å²) < 4.78 is 4.59. The first kappa shape index (κ1) is 14.6. The van der Waals surface area contributed by atoms with Gasteiger partial charge in [0.05, 0.1) is 7.11 Å². The summed E-state index contributed by atoms with van der Waals surface area (Å²) in [5, 5.41) is 7.00. The predicted molar refractivity (Wildman–Crippen MR) is 61.4 cm³/mol. The molecule has 0 saturated heterocycles. The molecule has 0 heterocycles. The first-order chi connectivity index (χ1) is 7.77. The zero-order valence-electron chi connectivity index (χ0n) is 9.51. The number of nitrogens with one attached hydrogen (secondary N) is 1. The summed E-state index contributed by atoms with van der Waals surface area (Å²) >= 11 is 0. The van der Waals surface area contributed by atoms with Gasteiger partial charge in [0.25, 0.3) is 0 Å². The molecule has 1 aromatic carbocycles. The molecule has 1 atom stereocenters. The summed E-state index contributed by atoms with van der Waals surface area (Å²) in [6.45, 7) is 0. The van der Waals surface area contributed by atoms with Crippen LogP contribution in [-0.4, -0.2) is 31.3 Å². The number of esters is 1. The molecule has 0 bridgehead atoms. The van der Waals surface area contributed by atoms with Crippen LogP contribution < -0.4 is 11.3 Å². The quantitative estimate of drug-likeness (QED) is 0.377. The second kappa shape index (κ2) is 8.84. The van der Waals surface area contributed by atoms with Crippen molar-refractivity contribution in [2.45, 2.75) is 12.5 Å². The van der Waals surface area contributed by atoms with Gasteiger partial charge in [0.1, 0.15) is 6.04 Å². The maximum Gasteiger partial charge on any atom is 0.324 e. The highest BCUT2D eigenvalue weighted by Crippen LogP contribution is 2.03. The van der Waals surface area contributed by atoms with Crippen LogP contribution in [0.2, 0.25) is 0 Å². The Hall–Kier alpha value is -1.43. The molecule has 1 aromatic rings. The lowest BCUT2D eigenvalue weighted by Crippen LogP contribution is -2.43. The molecule has 5 heteroatoms. The number of ether oxygens (including phenoxy) is 1. The van der Waals surface area contributed by atoms with Crippen LogP contribution in [0.5, 0.6) is 0 Å². The number of hydrogen-bond donors (Lipinski definition) is 3. The summed E-state index contributed by atoms with van der Waals surface area (Å²) in [5.41, 5.74) is 3.47. The maximum absolute atomic E-state index is 11.2. The Morgan fingerprint density at radius 3 is 2.44 bits per heavy atom. The molecule has 0 fully saturated rings. The van der Waals surface area contributed by atoms with Crippen LogP contribution in [0.3, 0.4) is 0 Å². The number of carbonyl (C=O) groups is 1. The van der Waals surface area contributed by atoms with Crippen molar-refractivity contribution < 1.29 is 14.6 Å². The van der Waals surface area contributed by atoms with E-state index >= 15 is 0 Å². The van der Waals surface area contributed by atoms with E-state index in [1.165, 1.54) is 7.11 Å². The Morgan fingerprint density at radius 1 is 1.44 bits per heavy atom. The van der Waals surface area contributed by atoms with Gasteiger partial charge in [-0.1, -0.05) is 30.3 Å². The number of methoxy groups -OCH3 is 1. The van der Waals surface area contributed by atoms with Crippen molar-refractivity contribution in [1.82, 2.24) is 5.43 Å². The van der Waals surface area contributed by atoms with E-state index in [4.69, 9.17) is 10.9 Å². The Labute approximate surface area is 95.2 Å². The second-order valence-corrected chi connectivity index (χ2v) is 2.93. The Kier molecular flexibility index (Phi) is 8.05. The molecule has 0 aliphatic heterocycles. The lowest BCUT2D eigenvalue weighted by Gasteiger charge is -2.12. The Bertz CT molecular complexity index is 291. The van der Waals surface area contributed by atoms with Gasteiger partial charge in [0, 0.05) is 7.11 Å². The highest BCUT2D eigenvalue weighted by molar-refractivity contribution is 5.75. The van der Waals surface area contributed by atoms with Crippen molar-refractivity contribution in [3.63, 3.8) is 0 Å². The van der Waals surface area contributed by atoms with Gasteiger partial charge in [-0.25, -0.2) is 5.43 Å². The summed E-state index contributed by atoms with van der Waals surface area (Å²) in [6, 6.07) is 9.15. The minimum Gasteiger partial charge on any atom is -0.468 e. The molecule has 90 valence electrons. The number of nitrogens with two attached hydrogens (primary N) is 1. The topological polar surface area (TPSA) is 84.6 Å². The van der Waals surface area contributed by atoms with Gasteiger partial charge in [-0.2, -0.15) is 0 Å². The van der Waals surface area contributed by atoms with E-state index in [1.54, 1.807) is 0 Å². The van der Waals surface area contributed by atoms with E-state index in [0.29, 0.717) is 6.42 Å². The third kappa shape index (κ3) is 4.88. The third-order valence-electron chi connectivity index (χ3n) is 1.97. The smallest absolute Gasteiger partial charge is 0.324 e. The average Bonchev–Trinajstić information content (AvgIpc) is 2.38.